The Morgan fingerprint density at radius 1 is 1.00 bits per heavy atom. The van der Waals surface area contributed by atoms with Crippen molar-refractivity contribution in [2.45, 2.75) is 6.92 Å². The zero-order valence-electron chi connectivity index (χ0n) is 11.4. The normalized spacial score (nSPS) is 10.5. The molecule has 0 aliphatic rings. The lowest BCUT2D eigenvalue weighted by atomic mass is 10.1. The molecule has 0 bridgehead atoms. The SMILES string of the molecule is Cc1ccc(C(=O)Oc2ccc(C=CC(=O)O)cc2)cc1. The molecule has 0 unspecified atom stereocenters. The van der Waals surface area contributed by atoms with Crippen molar-refractivity contribution < 1.29 is 19.4 Å². The second kappa shape index (κ2) is 6.52. The molecule has 1 N–H and O–H groups in total. The molecule has 106 valence electrons. The largest absolute Gasteiger partial charge is 0.478 e. The van der Waals surface area contributed by atoms with Gasteiger partial charge in [-0.1, -0.05) is 29.8 Å². The van der Waals surface area contributed by atoms with Crippen LogP contribution in [0.4, 0.5) is 0 Å². The van der Waals surface area contributed by atoms with Crippen LogP contribution in [0.5, 0.6) is 5.75 Å². The van der Waals surface area contributed by atoms with E-state index in [1.54, 1.807) is 36.4 Å². The highest BCUT2D eigenvalue weighted by atomic mass is 16.5. The fourth-order valence-corrected chi connectivity index (χ4v) is 1.67. The number of aryl methyl sites for hydroxylation is 1. The maximum atomic E-state index is 11.9. The maximum Gasteiger partial charge on any atom is 0.343 e. The van der Waals surface area contributed by atoms with E-state index in [9.17, 15) is 9.59 Å². The minimum atomic E-state index is -1.01. The second-order valence-corrected chi connectivity index (χ2v) is 4.50. The van der Waals surface area contributed by atoms with Gasteiger partial charge in [-0.15, -0.1) is 0 Å². The average Bonchev–Trinajstić information content (AvgIpc) is 2.47. The van der Waals surface area contributed by atoms with Gasteiger partial charge in [-0.25, -0.2) is 9.59 Å². The summed E-state index contributed by atoms with van der Waals surface area (Å²) in [5, 5.41) is 8.54. The molecular weight excluding hydrogens is 268 g/mol. The Morgan fingerprint density at radius 3 is 2.19 bits per heavy atom. The molecule has 2 aromatic rings. The molecule has 2 rings (SSSR count). The molecule has 4 heteroatoms. The lowest BCUT2D eigenvalue weighted by Crippen LogP contribution is -2.08. The number of carboxylic acid groups (broad SMARTS) is 1. The summed E-state index contributed by atoms with van der Waals surface area (Å²) in [5.74, 6) is -1.03. The molecule has 0 saturated carbocycles. The number of aliphatic carboxylic acids is 1. The summed E-state index contributed by atoms with van der Waals surface area (Å²) in [6.07, 6.45) is 2.52. The third kappa shape index (κ3) is 4.31. The number of esters is 1. The first-order valence-corrected chi connectivity index (χ1v) is 6.34. The van der Waals surface area contributed by atoms with Crippen molar-refractivity contribution in [1.82, 2.24) is 0 Å². The van der Waals surface area contributed by atoms with Gasteiger partial charge in [0.2, 0.25) is 0 Å². The van der Waals surface area contributed by atoms with Crippen molar-refractivity contribution in [3.05, 3.63) is 71.3 Å². The van der Waals surface area contributed by atoms with Gasteiger partial charge in [-0.3, -0.25) is 0 Å². The predicted molar refractivity (Wildman–Crippen MR) is 79.2 cm³/mol. The van der Waals surface area contributed by atoms with E-state index in [1.165, 1.54) is 6.08 Å². The number of rotatable bonds is 4. The third-order valence-electron chi connectivity index (χ3n) is 2.80. The lowest BCUT2D eigenvalue weighted by Gasteiger charge is -2.05. The van der Waals surface area contributed by atoms with E-state index in [2.05, 4.69) is 0 Å². The third-order valence-corrected chi connectivity index (χ3v) is 2.80. The Kier molecular flexibility index (Phi) is 4.51. The van der Waals surface area contributed by atoms with Crippen LogP contribution in [0.3, 0.4) is 0 Å². The summed E-state index contributed by atoms with van der Waals surface area (Å²) in [6.45, 7) is 1.94. The van der Waals surface area contributed by atoms with Crippen molar-refractivity contribution in [3.63, 3.8) is 0 Å². The molecule has 0 fully saturated rings. The number of carboxylic acids is 1. The van der Waals surface area contributed by atoms with Gasteiger partial charge in [0.1, 0.15) is 5.75 Å². The van der Waals surface area contributed by atoms with Crippen LogP contribution in [-0.4, -0.2) is 17.0 Å². The highest BCUT2D eigenvalue weighted by molar-refractivity contribution is 5.91. The average molecular weight is 282 g/mol. The Balaban J connectivity index is 2.04. The molecule has 0 radical (unpaired) electrons. The Hall–Kier alpha value is -2.88. The second-order valence-electron chi connectivity index (χ2n) is 4.50. The molecule has 0 aliphatic heterocycles. The quantitative estimate of drug-likeness (QED) is 0.531. The minimum Gasteiger partial charge on any atom is -0.478 e. The van der Waals surface area contributed by atoms with Crippen molar-refractivity contribution in [1.29, 1.82) is 0 Å². The lowest BCUT2D eigenvalue weighted by molar-refractivity contribution is -0.131. The van der Waals surface area contributed by atoms with Crippen LogP contribution in [-0.2, 0) is 4.79 Å². The van der Waals surface area contributed by atoms with Crippen molar-refractivity contribution in [3.8, 4) is 5.75 Å². The molecule has 0 amide bonds. The molecular formula is C17H14O4. The van der Waals surface area contributed by atoms with Gasteiger partial charge in [0.25, 0.3) is 0 Å². The zero-order valence-corrected chi connectivity index (χ0v) is 11.4. The van der Waals surface area contributed by atoms with Crippen LogP contribution in [0.25, 0.3) is 6.08 Å². The topological polar surface area (TPSA) is 63.6 Å². The highest BCUT2D eigenvalue weighted by Gasteiger charge is 2.07. The summed E-state index contributed by atoms with van der Waals surface area (Å²) in [4.78, 5) is 22.3. The first kappa shape index (κ1) is 14.5. The fourth-order valence-electron chi connectivity index (χ4n) is 1.67. The van der Waals surface area contributed by atoms with Gasteiger partial charge in [0, 0.05) is 6.08 Å². The van der Waals surface area contributed by atoms with Gasteiger partial charge in [-0.05, 0) is 42.8 Å². The number of carbonyl (C=O) groups excluding carboxylic acids is 1. The molecule has 0 heterocycles. The number of hydrogen-bond donors (Lipinski definition) is 1. The van der Waals surface area contributed by atoms with Crippen LogP contribution >= 0.6 is 0 Å². The molecule has 0 aromatic heterocycles. The van der Waals surface area contributed by atoms with Crippen LogP contribution in [0, 0.1) is 6.92 Å². The smallest absolute Gasteiger partial charge is 0.343 e. The molecule has 0 spiro atoms. The van der Waals surface area contributed by atoms with E-state index < -0.39 is 11.9 Å². The number of hydrogen-bond acceptors (Lipinski definition) is 3. The molecule has 4 nitrogen and oxygen atoms in total. The van der Waals surface area contributed by atoms with Crippen molar-refractivity contribution in [2.24, 2.45) is 0 Å². The van der Waals surface area contributed by atoms with Crippen LogP contribution in [0.2, 0.25) is 0 Å². The van der Waals surface area contributed by atoms with Crippen molar-refractivity contribution in [2.75, 3.05) is 0 Å². The number of benzene rings is 2. The van der Waals surface area contributed by atoms with E-state index in [0.29, 0.717) is 16.9 Å². The van der Waals surface area contributed by atoms with E-state index >= 15 is 0 Å². The molecule has 0 atom stereocenters. The Labute approximate surface area is 122 Å². The van der Waals surface area contributed by atoms with E-state index in [0.717, 1.165) is 11.6 Å². The van der Waals surface area contributed by atoms with Crippen LogP contribution in [0.1, 0.15) is 21.5 Å². The van der Waals surface area contributed by atoms with Gasteiger partial charge in [0.05, 0.1) is 5.56 Å². The highest BCUT2D eigenvalue weighted by Crippen LogP contribution is 2.15. The maximum absolute atomic E-state index is 11.9. The number of ether oxygens (including phenoxy) is 1. The predicted octanol–water partition coefficient (Wildman–Crippen LogP) is 3.31. The van der Waals surface area contributed by atoms with Crippen molar-refractivity contribution >= 4 is 18.0 Å². The monoisotopic (exact) mass is 282 g/mol. The van der Waals surface area contributed by atoms with E-state index in [-0.39, 0.29) is 0 Å². The first-order valence-electron chi connectivity index (χ1n) is 6.34. The standard InChI is InChI=1S/C17H14O4/c1-12-2-7-14(8-3-12)17(20)21-15-9-4-13(5-10-15)6-11-16(18)19/h2-11H,1H3,(H,18,19). The zero-order chi connectivity index (χ0) is 15.2. The van der Waals surface area contributed by atoms with Crippen LogP contribution in [0.15, 0.2) is 54.6 Å². The summed E-state index contributed by atoms with van der Waals surface area (Å²) >= 11 is 0. The van der Waals surface area contributed by atoms with E-state index in [1.807, 2.05) is 19.1 Å². The Morgan fingerprint density at radius 2 is 1.62 bits per heavy atom. The first-order chi connectivity index (χ1) is 10.0. The summed E-state index contributed by atoms with van der Waals surface area (Å²) in [6, 6.07) is 13.7. The fraction of sp³-hybridized carbons (Fsp3) is 0.0588. The van der Waals surface area contributed by atoms with Gasteiger partial charge < -0.3 is 9.84 Å². The summed E-state index contributed by atoms with van der Waals surface area (Å²) in [5.41, 5.74) is 2.27. The molecule has 21 heavy (non-hydrogen) atoms. The van der Waals surface area contributed by atoms with Gasteiger partial charge in [-0.2, -0.15) is 0 Å². The number of carbonyl (C=O) groups is 2. The van der Waals surface area contributed by atoms with Gasteiger partial charge >= 0.3 is 11.9 Å². The summed E-state index contributed by atoms with van der Waals surface area (Å²) < 4.78 is 5.24. The Bertz CT molecular complexity index is 667. The van der Waals surface area contributed by atoms with Crippen LogP contribution < -0.4 is 4.74 Å². The molecule has 0 saturated heterocycles. The minimum absolute atomic E-state index is 0.410. The summed E-state index contributed by atoms with van der Waals surface area (Å²) in [7, 11) is 0. The van der Waals surface area contributed by atoms with Gasteiger partial charge in [0.15, 0.2) is 0 Å². The molecule has 0 aliphatic carbocycles. The molecule has 2 aromatic carbocycles. The van der Waals surface area contributed by atoms with E-state index in [4.69, 9.17) is 9.84 Å².